The van der Waals surface area contributed by atoms with Crippen molar-refractivity contribution in [1.29, 1.82) is 0 Å². The minimum Gasteiger partial charge on any atom is -0.480 e. The molecule has 80 valence electrons. The van der Waals surface area contributed by atoms with E-state index in [0.717, 1.165) is 5.92 Å². The van der Waals surface area contributed by atoms with Gasteiger partial charge in [0.1, 0.15) is 0 Å². The summed E-state index contributed by atoms with van der Waals surface area (Å²) < 4.78 is 0. The van der Waals surface area contributed by atoms with Gasteiger partial charge in [0, 0.05) is 6.04 Å². The molecule has 0 amide bonds. The van der Waals surface area contributed by atoms with Gasteiger partial charge >= 0.3 is 5.97 Å². The first-order chi connectivity index (χ1) is 6.60. The van der Waals surface area contributed by atoms with Crippen molar-refractivity contribution in [2.24, 2.45) is 11.3 Å². The normalized spacial score (nSPS) is 41.2. The molecule has 2 aliphatic carbocycles. The average molecular weight is 197 g/mol. The molecular formula is C11H19NO2. The summed E-state index contributed by atoms with van der Waals surface area (Å²) in [7, 11) is 0. The number of nitrogens with one attached hydrogen (secondary N) is 1. The van der Waals surface area contributed by atoms with Crippen LogP contribution >= 0.6 is 0 Å². The third-order valence-corrected chi connectivity index (χ3v) is 3.85. The van der Waals surface area contributed by atoms with Crippen molar-refractivity contribution in [2.75, 3.05) is 6.54 Å². The van der Waals surface area contributed by atoms with E-state index >= 15 is 0 Å². The van der Waals surface area contributed by atoms with E-state index in [0.29, 0.717) is 11.5 Å². The largest absolute Gasteiger partial charge is 0.480 e. The van der Waals surface area contributed by atoms with Crippen molar-refractivity contribution in [2.45, 2.75) is 45.1 Å². The Morgan fingerprint density at radius 3 is 2.71 bits per heavy atom. The van der Waals surface area contributed by atoms with Crippen LogP contribution in [-0.4, -0.2) is 23.7 Å². The SMILES string of the molecule is CC1CCC2(C1)CC(NCC(=O)O)C2. The van der Waals surface area contributed by atoms with Crippen LogP contribution in [0, 0.1) is 11.3 Å². The lowest BCUT2D eigenvalue weighted by atomic mass is 9.64. The molecule has 3 nitrogen and oxygen atoms in total. The zero-order valence-corrected chi connectivity index (χ0v) is 8.75. The Morgan fingerprint density at radius 1 is 1.50 bits per heavy atom. The van der Waals surface area contributed by atoms with Gasteiger partial charge in [-0.05, 0) is 37.0 Å². The van der Waals surface area contributed by atoms with Gasteiger partial charge in [-0.1, -0.05) is 13.3 Å². The van der Waals surface area contributed by atoms with E-state index < -0.39 is 5.97 Å². The number of rotatable bonds is 3. The lowest BCUT2D eigenvalue weighted by Crippen LogP contribution is -2.49. The third-order valence-electron chi connectivity index (χ3n) is 3.85. The van der Waals surface area contributed by atoms with E-state index in [2.05, 4.69) is 12.2 Å². The van der Waals surface area contributed by atoms with Crippen LogP contribution in [0.4, 0.5) is 0 Å². The molecule has 0 radical (unpaired) electrons. The summed E-state index contributed by atoms with van der Waals surface area (Å²) >= 11 is 0. The van der Waals surface area contributed by atoms with Gasteiger partial charge in [0.2, 0.25) is 0 Å². The van der Waals surface area contributed by atoms with Crippen molar-refractivity contribution in [3.05, 3.63) is 0 Å². The highest BCUT2D eigenvalue weighted by molar-refractivity contribution is 5.69. The monoisotopic (exact) mass is 197 g/mol. The fraction of sp³-hybridized carbons (Fsp3) is 0.909. The van der Waals surface area contributed by atoms with Crippen LogP contribution in [0.1, 0.15) is 39.0 Å². The van der Waals surface area contributed by atoms with E-state index in [1.165, 1.54) is 32.1 Å². The lowest BCUT2D eigenvalue weighted by Gasteiger charge is -2.46. The van der Waals surface area contributed by atoms with E-state index in [-0.39, 0.29) is 6.54 Å². The maximum Gasteiger partial charge on any atom is 0.317 e. The molecule has 1 atom stereocenters. The quantitative estimate of drug-likeness (QED) is 0.723. The van der Waals surface area contributed by atoms with E-state index in [1.54, 1.807) is 0 Å². The summed E-state index contributed by atoms with van der Waals surface area (Å²) in [6.45, 7) is 2.45. The highest BCUT2D eigenvalue weighted by atomic mass is 16.4. The van der Waals surface area contributed by atoms with Gasteiger partial charge in [-0.25, -0.2) is 0 Å². The van der Waals surface area contributed by atoms with Crippen LogP contribution in [0.2, 0.25) is 0 Å². The summed E-state index contributed by atoms with van der Waals surface area (Å²) in [5.41, 5.74) is 0.593. The number of carboxylic acids is 1. The number of hydrogen-bond donors (Lipinski definition) is 2. The molecule has 1 spiro atoms. The molecule has 2 aliphatic rings. The topological polar surface area (TPSA) is 49.3 Å². The maximum absolute atomic E-state index is 10.3. The van der Waals surface area contributed by atoms with Gasteiger partial charge in [-0.3, -0.25) is 4.79 Å². The van der Waals surface area contributed by atoms with Crippen LogP contribution in [0.5, 0.6) is 0 Å². The molecule has 0 aromatic heterocycles. The Labute approximate surface area is 84.9 Å². The maximum atomic E-state index is 10.3. The predicted molar refractivity (Wildman–Crippen MR) is 54.1 cm³/mol. The van der Waals surface area contributed by atoms with Gasteiger partial charge < -0.3 is 10.4 Å². The van der Waals surface area contributed by atoms with E-state index in [1.807, 2.05) is 0 Å². The second kappa shape index (κ2) is 3.54. The van der Waals surface area contributed by atoms with Gasteiger partial charge in [0.25, 0.3) is 0 Å². The molecular weight excluding hydrogens is 178 g/mol. The van der Waals surface area contributed by atoms with E-state index in [9.17, 15) is 4.79 Å². The van der Waals surface area contributed by atoms with Crippen LogP contribution in [-0.2, 0) is 4.79 Å². The molecule has 0 heterocycles. The highest BCUT2D eigenvalue weighted by Gasteiger charge is 2.47. The van der Waals surface area contributed by atoms with Crippen LogP contribution in [0.15, 0.2) is 0 Å². The zero-order chi connectivity index (χ0) is 10.2. The van der Waals surface area contributed by atoms with Crippen molar-refractivity contribution < 1.29 is 9.90 Å². The van der Waals surface area contributed by atoms with Crippen molar-refractivity contribution in [1.82, 2.24) is 5.32 Å². The average Bonchev–Trinajstić information content (AvgIpc) is 2.41. The first kappa shape index (κ1) is 9.97. The van der Waals surface area contributed by atoms with Crippen LogP contribution in [0.3, 0.4) is 0 Å². The Bertz CT molecular complexity index is 233. The molecule has 0 saturated heterocycles. The first-order valence-corrected chi connectivity index (χ1v) is 5.55. The molecule has 3 heteroatoms. The van der Waals surface area contributed by atoms with Crippen LogP contribution < -0.4 is 5.32 Å². The Balaban J connectivity index is 1.71. The molecule has 1 unspecified atom stereocenters. The molecule has 14 heavy (non-hydrogen) atoms. The van der Waals surface area contributed by atoms with Gasteiger partial charge in [0.15, 0.2) is 0 Å². The molecule has 2 saturated carbocycles. The second-order valence-corrected chi connectivity index (χ2v) is 5.23. The molecule has 0 bridgehead atoms. The Kier molecular flexibility index (Phi) is 2.52. The number of aliphatic carboxylic acids is 1. The first-order valence-electron chi connectivity index (χ1n) is 5.55. The minimum absolute atomic E-state index is 0.121. The van der Waals surface area contributed by atoms with E-state index in [4.69, 9.17) is 5.11 Å². The van der Waals surface area contributed by atoms with Crippen LogP contribution in [0.25, 0.3) is 0 Å². The fourth-order valence-corrected chi connectivity index (χ4v) is 3.23. The fourth-order valence-electron chi connectivity index (χ4n) is 3.23. The van der Waals surface area contributed by atoms with Gasteiger partial charge in [-0.15, -0.1) is 0 Å². The number of carbonyl (C=O) groups is 1. The Hall–Kier alpha value is -0.570. The highest BCUT2D eigenvalue weighted by Crippen LogP contribution is 2.54. The predicted octanol–water partition coefficient (Wildman–Crippen LogP) is 1.63. The van der Waals surface area contributed by atoms with Crippen molar-refractivity contribution >= 4 is 5.97 Å². The molecule has 2 N–H and O–H groups in total. The molecule has 2 rings (SSSR count). The van der Waals surface area contributed by atoms with Gasteiger partial charge in [-0.2, -0.15) is 0 Å². The van der Waals surface area contributed by atoms with Crippen molar-refractivity contribution in [3.8, 4) is 0 Å². The summed E-state index contributed by atoms with van der Waals surface area (Å²) in [6.07, 6.45) is 6.48. The van der Waals surface area contributed by atoms with Crippen molar-refractivity contribution in [3.63, 3.8) is 0 Å². The smallest absolute Gasteiger partial charge is 0.317 e. The number of hydrogen-bond acceptors (Lipinski definition) is 2. The zero-order valence-electron chi connectivity index (χ0n) is 8.75. The molecule has 0 aromatic rings. The second-order valence-electron chi connectivity index (χ2n) is 5.23. The molecule has 0 aromatic carbocycles. The standard InChI is InChI=1S/C11H19NO2/c1-8-2-3-11(4-8)5-9(6-11)12-7-10(13)14/h8-9,12H,2-7H2,1H3,(H,13,14). The summed E-state index contributed by atoms with van der Waals surface area (Å²) in [5.74, 6) is 0.140. The number of carboxylic acid groups (broad SMARTS) is 1. The van der Waals surface area contributed by atoms with Gasteiger partial charge in [0.05, 0.1) is 6.54 Å². The third kappa shape index (κ3) is 1.92. The summed E-state index contributed by atoms with van der Waals surface area (Å²) in [6, 6.07) is 0.469. The summed E-state index contributed by atoms with van der Waals surface area (Å²) in [4.78, 5) is 10.3. The molecule has 0 aliphatic heterocycles. The molecule has 2 fully saturated rings. The lowest BCUT2D eigenvalue weighted by molar-refractivity contribution is -0.136. The Morgan fingerprint density at radius 2 is 2.21 bits per heavy atom. The minimum atomic E-state index is -0.745. The summed E-state index contributed by atoms with van der Waals surface area (Å²) in [5, 5.41) is 11.6.